The van der Waals surface area contributed by atoms with Gasteiger partial charge in [-0.2, -0.15) is 0 Å². The first kappa shape index (κ1) is 28.7. The maximum absolute atomic E-state index is 12.9. The number of rotatable bonds is 14. The van der Waals surface area contributed by atoms with Crippen LogP contribution in [0, 0.1) is 5.92 Å². The van der Waals surface area contributed by atoms with E-state index in [1.165, 1.54) is 5.38 Å². The number of sulfonamides is 1. The molecule has 0 fully saturated rings. The normalized spacial score (nSPS) is 13.5. The molecule has 4 N–H and O–H groups in total. The van der Waals surface area contributed by atoms with Crippen molar-refractivity contribution >= 4 is 38.3 Å². The number of thiazole rings is 1. The smallest absolute Gasteiger partial charge is 0.271 e. The van der Waals surface area contributed by atoms with Gasteiger partial charge < -0.3 is 10.4 Å². The van der Waals surface area contributed by atoms with Gasteiger partial charge in [-0.25, -0.2) is 18.4 Å². The number of amides is 2. The summed E-state index contributed by atoms with van der Waals surface area (Å²) in [7, 11) is -3.52. The molecule has 0 saturated carbocycles. The second-order valence-corrected chi connectivity index (χ2v) is 11.4. The summed E-state index contributed by atoms with van der Waals surface area (Å²) in [6.07, 6.45) is 1.51. The molecule has 2 atom stereocenters. The Bertz CT molecular complexity index is 1060. The number of aromatic nitrogens is 1. The van der Waals surface area contributed by atoms with Crippen molar-refractivity contribution in [2.45, 2.75) is 52.2 Å². The molecule has 0 saturated heterocycles. The van der Waals surface area contributed by atoms with E-state index in [4.69, 9.17) is 0 Å². The highest BCUT2D eigenvalue weighted by atomic mass is 32.2. The summed E-state index contributed by atoms with van der Waals surface area (Å²) >= 11 is 0.991. The predicted molar refractivity (Wildman–Crippen MR) is 137 cm³/mol. The Morgan fingerprint density at radius 2 is 1.89 bits per heavy atom. The average molecular weight is 526 g/mol. The van der Waals surface area contributed by atoms with E-state index in [9.17, 15) is 23.1 Å². The molecule has 2 unspecified atom stereocenters. The highest BCUT2D eigenvalue weighted by molar-refractivity contribution is 7.92. The van der Waals surface area contributed by atoms with E-state index in [2.05, 4.69) is 20.4 Å². The van der Waals surface area contributed by atoms with Crippen LogP contribution >= 0.6 is 11.3 Å². The number of carbonyl (C=O) groups is 2. The van der Waals surface area contributed by atoms with Crippen LogP contribution in [0.5, 0.6) is 0 Å². The van der Waals surface area contributed by atoms with Gasteiger partial charge in [0, 0.05) is 24.9 Å². The van der Waals surface area contributed by atoms with Crippen LogP contribution in [0.4, 0.5) is 5.13 Å². The first-order chi connectivity index (χ1) is 16.5. The maximum atomic E-state index is 12.9. The minimum atomic E-state index is -3.52. The molecule has 2 aromatic rings. The Labute approximate surface area is 211 Å². The van der Waals surface area contributed by atoms with E-state index in [1.807, 2.05) is 51.1 Å². The van der Waals surface area contributed by atoms with E-state index in [0.717, 1.165) is 29.6 Å². The van der Waals surface area contributed by atoms with Gasteiger partial charge in [0.25, 0.3) is 5.91 Å². The number of aliphatic hydroxyl groups excluding tert-OH is 1. The number of carbonyl (C=O) groups excluding carboxylic acids is 2. The molecule has 1 aromatic carbocycles. The Morgan fingerprint density at radius 1 is 1.20 bits per heavy atom. The summed E-state index contributed by atoms with van der Waals surface area (Å²) < 4.78 is 25.1. The fourth-order valence-electron chi connectivity index (χ4n) is 3.24. The van der Waals surface area contributed by atoms with Crippen molar-refractivity contribution in [3.8, 4) is 0 Å². The van der Waals surface area contributed by atoms with Crippen molar-refractivity contribution < 1.29 is 23.1 Å². The van der Waals surface area contributed by atoms with E-state index in [1.54, 1.807) is 5.01 Å². The fraction of sp³-hybridized carbons (Fsp3) is 0.522. The Kier molecular flexibility index (Phi) is 11.1. The molecular weight excluding hydrogens is 490 g/mol. The summed E-state index contributed by atoms with van der Waals surface area (Å²) in [5, 5.41) is 17.0. The molecule has 194 valence electrons. The average Bonchev–Trinajstić information content (AvgIpc) is 3.24. The molecule has 1 heterocycles. The highest BCUT2D eigenvalue weighted by Crippen LogP contribution is 2.17. The molecular formula is C23H35N5O5S2. The predicted octanol–water partition coefficient (Wildman–Crippen LogP) is 2.01. The monoisotopic (exact) mass is 525 g/mol. The summed E-state index contributed by atoms with van der Waals surface area (Å²) in [4.78, 5) is 29.2. The van der Waals surface area contributed by atoms with Gasteiger partial charge in [0.1, 0.15) is 5.69 Å². The minimum absolute atomic E-state index is 0.0424. The number of hydrogen-bond donors (Lipinski definition) is 4. The number of aliphatic hydroxyl groups is 1. The van der Waals surface area contributed by atoms with E-state index in [-0.39, 0.29) is 23.3 Å². The zero-order valence-corrected chi connectivity index (χ0v) is 22.2. The Morgan fingerprint density at radius 3 is 2.49 bits per heavy atom. The largest absolute Gasteiger partial charge is 0.390 e. The summed E-state index contributed by atoms with van der Waals surface area (Å²) in [6.45, 7) is 6.55. The lowest BCUT2D eigenvalue weighted by atomic mass is 10.0. The van der Waals surface area contributed by atoms with E-state index in [0.29, 0.717) is 25.3 Å². The van der Waals surface area contributed by atoms with Gasteiger partial charge in [-0.1, -0.05) is 51.1 Å². The number of likely N-dealkylation sites (N-methyl/N-ethyl adjacent to an activating group) is 1. The van der Waals surface area contributed by atoms with Gasteiger partial charge in [0.15, 0.2) is 5.13 Å². The van der Waals surface area contributed by atoms with E-state index < -0.39 is 28.1 Å². The van der Waals surface area contributed by atoms with Crippen molar-refractivity contribution in [3.05, 3.63) is 47.0 Å². The second kappa shape index (κ2) is 13.5. The van der Waals surface area contributed by atoms with Crippen LogP contribution < -0.4 is 15.5 Å². The molecule has 0 spiro atoms. The van der Waals surface area contributed by atoms with Gasteiger partial charge in [0.05, 0.1) is 18.4 Å². The molecule has 2 amide bonds. The first-order valence-corrected chi connectivity index (χ1v) is 14.2. The topological polar surface area (TPSA) is 141 Å². The van der Waals surface area contributed by atoms with Crippen LogP contribution in [0.2, 0.25) is 0 Å². The lowest BCUT2D eigenvalue weighted by Gasteiger charge is -2.29. The fourth-order valence-corrected chi connectivity index (χ4v) is 4.78. The SMILES string of the molecule is CCN(CC(O)C(Cc1ccccc1)NC(=O)c1csc(NS(C)(=O)=O)n1)NC(=O)CCC(C)C. The third-order valence-corrected chi connectivity index (χ3v) is 6.56. The van der Waals surface area contributed by atoms with Crippen LogP contribution in [0.25, 0.3) is 0 Å². The molecule has 0 bridgehead atoms. The van der Waals surface area contributed by atoms with Gasteiger partial charge in [-0.3, -0.25) is 19.7 Å². The van der Waals surface area contributed by atoms with Crippen molar-refractivity contribution in [3.63, 3.8) is 0 Å². The standard InChI is InChI=1S/C23H35N5O5S2/c1-5-28(26-21(30)12-11-16(2)3)14-20(29)18(13-17-9-7-6-8-10-17)24-22(31)19-15-34-23(25-19)27-35(4,32)33/h6-10,15-16,18,20,29H,5,11-14H2,1-4H3,(H,24,31)(H,25,27)(H,26,30). The number of nitrogens with zero attached hydrogens (tertiary/aromatic N) is 2. The third-order valence-electron chi connectivity index (χ3n) is 5.11. The zero-order valence-electron chi connectivity index (χ0n) is 20.5. The number of benzene rings is 1. The summed E-state index contributed by atoms with van der Waals surface area (Å²) in [5.74, 6) is -0.248. The molecule has 2 rings (SSSR count). The van der Waals surface area contributed by atoms with Crippen LogP contribution in [0.1, 0.15) is 49.7 Å². The van der Waals surface area contributed by atoms with Crippen LogP contribution in [-0.4, -0.2) is 66.8 Å². The maximum Gasteiger partial charge on any atom is 0.271 e. The van der Waals surface area contributed by atoms with Crippen molar-refractivity contribution in [2.24, 2.45) is 5.92 Å². The van der Waals surface area contributed by atoms with E-state index >= 15 is 0 Å². The van der Waals surface area contributed by atoms with Gasteiger partial charge in [0.2, 0.25) is 15.9 Å². The number of hydrazine groups is 1. The third kappa shape index (κ3) is 10.7. The molecule has 12 heteroatoms. The summed E-state index contributed by atoms with van der Waals surface area (Å²) in [5.41, 5.74) is 3.79. The quantitative estimate of drug-likeness (QED) is 0.277. The van der Waals surface area contributed by atoms with Crippen molar-refractivity contribution in [1.82, 2.24) is 20.7 Å². The van der Waals surface area contributed by atoms with Crippen molar-refractivity contribution in [2.75, 3.05) is 24.1 Å². The van der Waals surface area contributed by atoms with Gasteiger partial charge in [-0.15, -0.1) is 11.3 Å². The van der Waals surface area contributed by atoms with Crippen LogP contribution in [-0.2, 0) is 21.2 Å². The first-order valence-electron chi connectivity index (χ1n) is 11.5. The summed E-state index contributed by atoms with van der Waals surface area (Å²) in [6, 6.07) is 8.74. The number of nitrogens with one attached hydrogen (secondary N) is 3. The Balaban J connectivity index is 2.11. The molecule has 0 aliphatic carbocycles. The Hall–Kier alpha value is -2.54. The second-order valence-electron chi connectivity index (χ2n) is 8.76. The lowest BCUT2D eigenvalue weighted by molar-refractivity contribution is -0.126. The molecule has 35 heavy (non-hydrogen) atoms. The lowest BCUT2D eigenvalue weighted by Crippen LogP contribution is -2.53. The zero-order chi connectivity index (χ0) is 26.0. The van der Waals surface area contributed by atoms with Crippen LogP contribution in [0.3, 0.4) is 0 Å². The molecule has 10 nitrogen and oxygen atoms in total. The highest BCUT2D eigenvalue weighted by Gasteiger charge is 2.26. The molecule has 1 aromatic heterocycles. The molecule has 0 radical (unpaired) electrons. The number of hydrogen-bond acceptors (Lipinski definition) is 8. The van der Waals surface area contributed by atoms with Gasteiger partial charge in [-0.05, 0) is 24.3 Å². The van der Waals surface area contributed by atoms with Gasteiger partial charge >= 0.3 is 0 Å². The van der Waals surface area contributed by atoms with Crippen LogP contribution in [0.15, 0.2) is 35.7 Å². The molecule has 0 aliphatic rings. The minimum Gasteiger partial charge on any atom is -0.390 e. The molecule has 0 aliphatic heterocycles. The van der Waals surface area contributed by atoms with Crippen molar-refractivity contribution in [1.29, 1.82) is 0 Å². The number of anilines is 1.